The molecular formula is C30H32Cl2N4O2. The molecule has 0 aliphatic rings. The number of rotatable bonds is 10. The summed E-state index contributed by atoms with van der Waals surface area (Å²) in [5, 5.41) is 0. The van der Waals surface area contributed by atoms with E-state index in [1.165, 1.54) is 22.3 Å². The quantitative estimate of drug-likeness (QED) is 0.190. The highest BCUT2D eigenvalue weighted by atomic mass is 35.5. The Morgan fingerprint density at radius 1 is 0.526 bits per heavy atom. The number of benzene rings is 3. The number of halogens is 2. The first kappa shape index (κ1) is 28.8. The highest BCUT2D eigenvalue weighted by Gasteiger charge is 2.09. The smallest absolute Gasteiger partial charge is 0.244 e. The zero-order chi connectivity index (χ0) is 24.7. The molecule has 198 valence electrons. The first-order chi connectivity index (χ1) is 17.7. The molecule has 0 amide bonds. The van der Waals surface area contributed by atoms with Gasteiger partial charge in [-0.05, 0) is 46.5 Å². The van der Waals surface area contributed by atoms with E-state index in [9.17, 15) is 0 Å². The highest BCUT2D eigenvalue weighted by Crippen LogP contribution is 2.12. The summed E-state index contributed by atoms with van der Waals surface area (Å²) in [6.45, 7) is 3.37. The van der Waals surface area contributed by atoms with Gasteiger partial charge in [0, 0.05) is 0 Å². The Morgan fingerprint density at radius 3 is 1.21 bits per heavy atom. The molecule has 2 heterocycles. The third kappa shape index (κ3) is 7.63. The maximum atomic E-state index is 5.24. The molecule has 5 aromatic rings. The maximum Gasteiger partial charge on any atom is 0.244 e. The summed E-state index contributed by atoms with van der Waals surface area (Å²) in [4.78, 5) is 0. The lowest BCUT2D eigenvalue weighted by Gasteiger charge is -2.02. The molecule has 2 aromatic heterocycles. The van der Waals surface area contributed by atoms with Gasteiger partial charge < -0.3 is 34.3 Å². The lowest BCUT2D eigenvalue weighted by Crippen LogP contribution is -3.00. The largest absolute Gasteiger partial charge is 1.00 e. The van der Waals surface area contributed by atoms with E-state index >= 15 is 0 Å². The SMILES string of the molecule is COc1ccc(C[n+]2ccn(Cc3ccc(Cn4cc[n+](Cc5ccc(OC)cc5)c4)cc3)c2)cc1.[Cl-].[Cl-]. The second kappa shape index (κ2) is 13.7. The molecule has 6 nitrogen and oxygen atoms in total. The van der Waals surface area contributed by atoms with E-state index in [1.807, 2.05) is 24.3 Å². The van der Waals surface area contributed by atoms with E-state index in [0.717, 1.165) is 37.7 Å². The van der Waals surface area contributed by atoms with Crippen LogP contribution in [0.1, 0.15) is 22.3 Å². The number of imidazole rings is 2. The van der Waals surface area contributed by atoms with E-state index < -0.39 is 0 Å². The van der Waals surface area contributed by atoms with Crippen LogP contribution < -0.4 is 43.4 Å². The molecule has 0 aliphatic carbocycles. The Balaban J connectivity index is 0.00000200. The average Bonchev–Trinajstić information content (AvgIpc) is 3.55. The molecule has 5 rings (SSSR count). The molecular weight excluding hydrogens is 519 g/mol. The van der Waals surface area contributed by atoms with E-state index in [1.54, 1.807) is 14.2 Å². The molecule has 0 radical (unpaired) electrons. The van der Waals surface area contributed by atoms with Crippen LogP contribution in [0.3, 0.4) is 0 Å². The summed E-state index contributed by atoms with van der Waals surface area (Å²) in [5.41, 5.74) is 5.07. The molecule has 0 spiro atoms. The van der Waals surface area contributed by atoms with Crippen LogP contribution in [-0.4, -0.2) is 23.4 Å². The Labute approximate surface area is 236 Å². The minimum Gasteiger partial charge on any atom is -1.00 e. The summed E-state index contributed by atoms with van der Waals surface area (Å²) in [6, 6.07) is 25.3. The monoisotopic (exact) mass is 550 g/mol. The lowest BCUT2D eigenvalue weighted by atomic mass is 10.1. The van der Waals surface area contributed by atoms with Crippen molar-refractivity contribution in [1.82, 2.24) is 9.13 Å². The van der Waals surface area contributed by atoms with Crippen molar-refractivity contribution in [3.63, 3.8) is 0 Å². The standard InChI is InChI=1S/C30H32N4O2.2ClH/c1-35-29-11-7-27(8-12-29)21-33-17-15-31(23-33)19-25-3-5-26(6-4-25)20-32-16-18-34(24-32)22-28-9-13-30(36-2)14-10-28;;/h3-18,23-24H,19-22H2,1-2H3;2*1H/q+2;;/p-2. The van der Waals surface area contributed by atoms with Gasteiger partial charge in [0.15, 0.2) is 0 Å². The van der Waals surface area contributed by atoms with Crippen LogP contribution in [0, 0.1) is 0 Å². The number of nitrogens with zero attached hydrogens (tertiary/aromatic N) is 4. The molecule has 0 unspecified atom stereocenters. The van der Waals surface area contributed by atoms with Crippen LogP contribution in [0.25, 0.3) is 0 Å². The summed E-state index contributed by atoms with van der Waals surface area (Å²) >= 11 is 0. The Kier molecular flexibility index (Phi) is 10.4. The van der Waals surface area contributed by atoms with Crippen molar-refractivity contribution < 1.29 is 43.4 Å². The third-order valence-electron chi connectivity index (χ3n) is 6.29. The van der Waals surface area contributed by atoms with Crippen molar-refractivity contribution in [3.8, 4) is 11.5 Å². The van der Waals surface area contributed by atoms with Gasteiger partial charge in [-0.25, -0.2) is 18.3 Å². The van der Waals surface area contributed by atoms with Crippen molar-refractivity contribution in [3.05, 3.63) is 132 Å². The van der Waals surface area contributed by atoms with Crippen LogP contribution in [0.5, 0.6) is 11.5 Å². The second-order valence-corrected chi connectivity index (χ2v) is 9.03. The van der Waals surface area contributed by atoms with Crippen molar-refractivity contribution in [2.24, 2.45) is 0 Å². The number of aromatic nitrogens is 4. The van der Waals surface area contributed by atoms with Crippen LogP contribution in [0.2, 0.25) is 0 Å². The van der Waals surface area contributed by atoms with Crippen LogP contribution >= 0.6 is 0 Å². The van der Waals surface area contributed by atoms with E-state index in [-0.39, 0.29) is 24.8 Å². The summed E-state index contributed by atoms with van der Waals surface area (Å²) < 4.78 is 19.3. The van der Waals surface area contributed by atoms with E-state index in [2.05, 4.69) is 104 Å². The van der Waals surface area contributed by atoms with Gasteiger partial charge in [-0.3, -0.25) is 0 Å². The fourth-order valence-corrected chi connectivity index (χ4v) is 4.31. The Hall–Kier alpha value is -3.74. The number of hydrogen-bond acceptors (Lipinski definition) is 2. The molecule has 0 fully saturated rings. The van der Waals surface area contributed by atoms with Gasteiger partial charge >= 0.3 is 0 Å². The average molecular weight is 552 g/mol. The molecule has 0 bridgehead atoms. The van der Waals surface area contributed by atoms with E-state index in [4.69, 9.17) is 9.47 Å². The summed E-state index contributed by atoms with van der Waals surface area (Å²) in [7, 11) is 3.38. The van der Waals surface area contributed by atoms with Gasteiger partial charge in [-0.1, -0.05) is 48.5 Å². The predicted molar refractivity (Wildman–Crippen MR) is 138 cm³/mol. The topological polar surface area (TPSA) is 36.1 Å². The van der Waals surface area contributed by atoms with Crippen LogP contribution in [0.4, 0.5) is 0 Å². The lowest BCUT2D eigenvalue weighted by molar-refractivity contribution is -0.688. The summed E-state index contributed by atoms with van der Waals surface area (Å²) in [6.07, 6.45) is 12.8. The minimum atomic E-state index is 0. The number of ether oxygens (including phenoxy) is 2. The zero-order valence-electron chi connectivity index (χ0n) is 21.6. The van der Waals surface area contributed by atoms with Gasteiger partial charge in [0.1, 0.15) is 62.5 Å². The van der Waals surface area contributed by atoms with Crippen molar-refractivity contribution >= 4 is 0 Å². The Bertz CT molecular complexity index is 1290. The molecule has 0 atom stereocenters. The molecule has 0 N–H and O–H groups in total. The number of hydrogen-bond donors (Lipinski definition) is 0. The van der Waals surface area contributed by atoms with E-state index in [0.29, 0.717) is 0 Å². The van der Waals surface area contributed by atoms with Gasteiger partial charge in [0.2, 0.25) is 12.7 Å². The van der Waals surface area contributed by atoms with Crippen molar-refractivity contribution in [2.45, 2.75) is 26.2 Å². The Morgan fingerprint density at radius 2 is 0.868 bits per heavy atom. The van der Waals surface area contributed by atoms with Gasteiger partial charge in [0.25, 0.3) is 0 Å². The maximum absolute atomic E-state index is 5.24. The second-order valence-electron chi connectivity index (χ2n) is 9.03. The van der Waals surface area contributed by atoms with Gasteiger partial charge in [-0.2, -0.15) is 0 Å². The first-order valence-electron chi connectivity index (χ1n) is 12.1. The normalized spacial score (nSPS) is 10.4. The van der Waals surface area contributed by atoms with Crippen LogP contribution in [-0.2, 0) is 26.2 Å². The van der Waals surface area contributed by atoms with Crippen molar-refractivity contribution in [1.29, 1.82) is 0 Å². The minimum absolute atomic E-state index is 0. The fraction of sp³-hybridized carbons (Fsp3) is 0.200. The predicted octanol–water partition coefficient (Wildman–Crippen LogP) is -1.92. The van der Waals surface area contributed by atoms with Gasteiger partial charge in [-0.15, -0.1) is 0 Å². The van der Waals surface area contributed by atoms with Crippen LogP contribution in [0.15, 0.2) is 110 Å². The van der Waals surface area contributed by atoms with Gasteiger partial charge in [0.05, 0.1) is 14.2 Å². The van der Waals surface area contributed by atoms with Crippen molar-refractivity contribution in [2.75, 3.05) is 14.2 Å². The molecule has 38 heavy (non-hydrogen) atoms. The highest BCUT2D eigenvalue weighted by molar-refractivity contribution is 5.27. The first-order valence-corrected chi connectivity index (χ1v) is 12.1. The molecule has 8 heteroatoms. The fourth-order valence-electron chi connectivity index (χ4n) is 4.31. The molecule has 3 aromatic carbocycles. The summed E-state index contributed by atoms with van der Waals surface area (Å²) in [5.74, 6) is 1.77. The number of methoxy groups -OCH3 is 2. The molecule has 0 saturated heterocycles. The molecule has 0 saturated carbocycles. The third-order valence-corrected chi connectivity index (χ3v) is 6.29. The molecule has 0 aliphatic heterocycles. The zero-order valence-corrected chi connectivity index (χ0v) is 23.1.